The van der Waals surface area contributed by atoms with Crippen molar-refractivity contribution in [2.45, 2.75) is 11.8 Å². The van der Waals surface area contributed by atoms with Crippen molar-refractivity contribution in [2.24, 2.45) is 0 Å². The van der Waals surface area contributed by atoms with Gasteiger partial charge in [0, 0.05) is 16.1 Å². The van der Waals surface area contributed by atoms with Gasteiger partial charge in [-0.25, -0.2) is 4.39 Å². The summed E-state index contributed by atoms with van der Waals surface area (Å²) in [7, 11) is 0. The minimum Gasteiger partial charge on any atom is -0.326 e. The third kappa shape index (κ3) is 3.11. The van der Waals surface area contributed by atoms with E-state index >= 15 is 0 Å². The molecule has 18 heavy (non-hydrogen) atoms. The lowest BCUT2D eigenvalue weighted by molar-refractivity contribution is 0.101. The van der Waals surface area contributed by atoms with Crippen LogP contribution in [0.5, 0.6) is 0 Å². The van der Waals surface area contributed by atoms with Crippen molar-refractivity contribution < 1.29 is 9.18 Å². The first-order chi connectivity index (χ1) is 8.66. The Hall–Kier alpha value is -1.81. The molecular formula is C14H12FNOS. The van der Waals surface area contributed by atoms with E-state index in [1.165, 1.54) is 37.1 Å². The number of carbonyl (C=O) groups excluding carboxylic acids is 1. The van der Waals surface area contributed by atoms with Gasteiger partial charge in [-0.1, -0.05) is 18.2 Å². The molecule has 0 radical (unpaired) electrons. The van der Waals surface area contributed by atoms with Crippen LogP contribution in [0.25, 0.3) is 0 Å². The minimum atomic E-state index is -0.350. The van der Waals surface area contributed by atoms with Crippen LogP contribution in [0.1, 0.15) is 17.3 Å². The summed E-state index contributed by atoms with van der Waals surface area (Å²) < 4.78 is 16.3. The summed E-state index contributed by atoms with van der Waals surface area (Å²) in [6, 6.07) is 13.7. The first kappa shape index (κ1) is 12.6. The van der Waals surface area contributed by atoms with Crippen LogP contribution in [0.4, 0.5) is 10.1 Å². The summed E-state index contributed by atoms with van der Waals surface area (Å²) in [4.78, 5) is 12.0. The van der Waals surface area contributed by atoms with Gasteiger partial charge < -0.3 is 4.72 Å². The molecule has 0 amide bonds. The summed E-state index contributed by atoms with van der Waals surface area (Å²) in [5, 5.41) is 0. The molecular weight excluding hydrogens is 249 g/mol. The highest BCUT2D eigenvalue weighted by Gasteiger charge is 2.09. The van der Waals surface area contributed by atoms with Crippen molar-refractivity contribution >= 4 is 23.4 Å². The van der Waals surface area contributed by atoms with Crippen molar-refractivity contribution in [2.75, 3.05) is 4.72 Å². The average Bonchev–Trinajstić information content (AvgIpc) is 2.37. The van der Waals surface area contributed by atoms with Crippen molar-refractivity contribution in [3.8, 4) is 0 Å². The fourth-order valence-electron chi connectivity index (χ4n) is 1.49. The maximum Gasteiger partial charge on any atom is 0.160 e. The number of nitrogens with one attached hydrogen (secondary N) is 1. The van der Waals surface area contributed by atoms with E-state index in [9.17, 15) is 9.18 Å². The van der Waals surface area contributed by atoms with Gasteiger partial charge in [-0.15, -0.1) is 0 Å². The number of hydrogen-bond donors (Lipinski definition) is 1. The molecule has 0 heterocycles. The van der Waals surface area contributed by atoms with Crippen LogP contribution in [0, 0.1) is 5.82 Å². The third-order valence-corrected chi connectivity index (χ3v) is 3.27. The standard InChI is InChI=1S/C14H12FNOS/c1-10(17)13-8-7-11(15)9-14(13)18-16-12-5-3-2-4-6-12/h2-9,16H,1H3. The zero-order valence-electron chi connectivity index (χ0n) is 9.81. The zero-order chi connectivity index (χ0) is 13.0. The second kappa shape index (κ2) is 5.69. The van der Waals surface area contributed by atoms with Crippen LogP contribution in [0.3, 0.4) is 0 Å². The Morgan fingerprint density at radius 2 is 1.89 bits per heavy atom. The summed E-state index contributed by atoms with van der Waals surface area (Å²) in [6.45, 7) is 1.47. The van der Waals surface area contributed by atoms with E-state index in [0.717, 1.165) is 5.69 Å². The second-order valence-electron chi connectivity index (χ2n) is 3.77. The molecule has 2 nitrogen and oxygen atoms in total. The zero-order valence-corrected chi connectivity index (χ0v) is 10.6. The molecule has 1 N–H and O–H groups in total. The van der Waals surface area contributed by atoms with E-state index in [1.54, 1.807) is 0 Å². The molecule has 4 heteroatoms. The Morgan fingerprint density at radius 1 is 1.17 bits per heavy atom. The first-order valence-electron chi connectivity index (χ1n) is 5.45. The van der Waals surface area contributed by atoms with Gasteiger partial charge in [0.15, 0.2) is 5.78 Å². The molecule has 2 aromatic rings. The number of hydrogen-bond acceptors (Lipinski definition) is 3. The van der Waals surface area contributed by atoms with Crippen LogP contribution < -0.4 is 4.72 Å². The number of halogens is 1. The van der Waals surface area contributed by atoms with Crippen LogP contribution in [0.15, 0.2) is 53.4 Å². The van der Waals surface area contributed by atoms with Crippen LogP contribution >= 0.6 is 11.9 Å². The van der Waals surface area contributed by atoms with E-state index in [1.807, 2.05) is 30.3 Å². The van der Waals surface area contributed by atoms with E-state index in [2.05, 4.69) is 4.72 Å². The number of ketones is 1. The van der Waals surface area contributed by atoms with Crippen molar-refractivity contribution in [3.05, 3.63) is 59.9 Å². The van der Waals surface area contributed by atoms with Gasteiger partial charge in [0.2, 0.25) is 0 Å². The number of Topliss-reactive ketones (excluding diaryl/α,β-unsaturated/α-hetero) is 1. The van der Waals surface area contributed by atoms with Crippen molar-refractivity contribution in [3.63, 3.8) is 0 Å². The highest BCUT2D eigenvalue weighted by Crippen LogP contribution is 2.25. The van der Waals surface area contributed by atoms with Crippen LogP contribution in [-0.2, 0) is 0 Å². The van der Waals surface area contributed by atoms with E-state index in [-0.39, 0.29) is 11.6 Å². The van der Waals surface area contributed by atoms with Gasteiger partial charge >= 0.3 is 0 Å². The Morgan fingerprint density at radius 3 is 2.56 bits per heavy atom. The van der Waals surface area contributed by atoms with E-state index in [4.69, 9.17) is 0 Å². The predicted octanol–water partition coefficient (Wildman–Crippen LogP) is 4.15. The maximum atomic E-state index is 13.2. The Balaban J connectivity index is 2.18. The molecule has 2 rings (SSSR count). The number of para-hydroxylation sites is 1. The smallest absolute Gasteiger partial charge is 0.160 e. The fraction of sp³-hybridized carbons (Fsp3) is 0.0714. The quantitative estimate of drug-likeness (QED) is 0.662. The Bertz CT molecular complexity index is 557. The topological polar surface area (TPSA) is 29.1 Å². The largest absolute Gasteiger partial charge is 0.326 e. The average molecular weight is 261 g/mol. The second-order valence-corrected chi connectivity index (χ2v) is 4.61. The Labute approximate surface area is 109 Å². The highest BCUT2D eigenvalue weighted by molar-refractivity contribution is 8.00. The van der Waals surface area contributed by atoms with Gasteiger partial charge in [-0.2, -0.15) is 0 Å². The number of rotatable bonds is 4. The first-order valence-corrected chi connectivity index (χ1v) is 6.27. The van der Waals surface area contributed by atoms with Crippen LogP contribution in [-0.4, -0.2) is 5.78 Å². The normalized spacial score (nSPS) is 10.1. The van der Waals surface area contributed by atoms with Gasteiger partial charge in [-0.05, 0) is 49.2 Å². The summed E-state index contributed by atoms with van der Waals surface area (Å²) in [5.41, 5.74) is 1.42. The summed E-state index contributed by atoms with van der Waals surface area (Å²) in [6.07, 6.45) is 0. The number of benzene rings is 2. The fourth-order valence-corrected chi connectivity index (χ4v) is 2.35. The molecule has 92 valence electrons. The lowest BCUT2D eigenvalue weighted by Crippen LogP contribution is -1.98. The molecule has 0 atom stereocenters. The third-order valence-electron chi connectivity index (χ3n) is 2.38. The van der Waals surface area contributed by atoms with Gasteiger partial charge in [-0.3, -0.25) is 4.79 Å². The molecule has 2 aromatic carbocycles. The van der Waals surface area contributed by atoms with Gasteiger partial charge in [0.25, 0.3) is 0 Å². The van der Waals surface area contributed by atoms with E-state index in [0.29, 0.717) is 10.5 Å². The molecule has 0 saturated carbocycles. The van der Waals surface area contributed by atoms with Crippen molar-refractivity contribution in [1.82, 2.24) is 0 Å². The lowest BCUT2D eigenvalue weighted by Gasteiger charge is -2.08. The summed E-state index contributed by atoms with van der Waals surface area (Å²) >= 11 is 1.23. The molecule has 0 aliphatic heterocycles. The van der Waals surface area contributed by atoms with Crippen molar-refractivity contribution in [1.29, 1.82) is 0 Å². The molecule has 0 aliphatic rings. The summed E-state index contributed by atoms with van der Waals surface area (Å²) in [5.74, 6) is -0.426. The van der Waals surface area contributed by atoms with E-state index < -0.39 is 0 Å². The molecule has 0 unspecified atom stereocenters. The molecule has 0 aliphatic carbocycles. The molecule has 0 bridgehead atoms. The number of anilines is 1. The van der Waals surface area contributed by atoms with Gasteiger partial charge in [0.1, 0.15) is 5.82 Å². The van der Waals surface area contributed by atoms with Crippen LogP contribution in [0.2, 0.25) is 0 Å². The predicted molar refractivity (Wildman–Crippen MR) is 72.3 cm³/mol. The highest BCUT2D eigenvalue weighted by atomic mass is 32.2. The minimum absolute atomic E-state index is 0.0765. The van der Waals surface area contributed by atoms with Gasteiger partial charge in [0.05, 0.1) is 0 Å². The SMILES string of the molecule is CC(=O)c1ccc(F)cc1SNc1ccccc1. The lowest BCUT2D eigenvalue weighted by atomic mass is 10.1. The molecule has 0 saturated heterocycles. The Kier molecular flexibility index (Phi) is 3.99. The maximum absolute atomic E-state index is 13.2. The number of carbonyl (C=O) groups is 1. The molecule has 0 aromatic heterocycles. The monoisotopic (exact) mass is 261 g/mol. The molecule has 0 spiro atoms. The molecule has 0 fully saturated rings.